The SMILES string of the molecule is CNc1ccc2c(c1)CCC(=O)N2CC(N)CN. The second-order valence-corrected chi connectivity index (χ2v) is 4.59. The van der Waals surface area contributed by atoms with Gasteiger partial charge in [-0.25, -0.2) is 0 Å². The van der Waals surface area contributed by atoms with Gasteiger partial charge in [0, 0.05) is 44.0 Å². The zero-order valence-electron chi connectivity index (χ0n) is 10.6. The van der Waals surface area contributed by atoms with Gasteiger partial charge in [-0.15, -0.1) is 0 Å². The van der Waals surface area contributed by atoms with Gasteiger partial charge in [0.15, 0.2) is 0 Å². The first-order chi connectivity index (χ1) is 8.65. The zero-order chi connectivity index (χ0) is 13.1. The lowest BCUT2D eigenvalue weighted by Crippen LogP contribution is -2.46. The topological polar surface area (TPSA) is 84.4 Å². The van der Waals surface area contributed by atoms with Gasteiger partial charge in [-0.1, -0.05) is 0 Å². The Kier molecular flexibility index (Phi) is 3.84. The van der Waals surface area contributed by atoms with Crippen molar-refractivity contribution in [2.24, 2.45) is 11.5 Å². The number of anilines is 2. The molecule has 5 N–H and O–H groups in total. The minimum Gasteiger partial charge on any atom is -0.388 e. The number of nitrogens with zero attached hydrogens (tertiary/aromatic N) is 1. The largest absolute Gasteiger partial charge is 0.388 e. The van der Waals surface area contributed by atoms with Crippen molar-refractivity contribution in [2.45, 2.75) is 18.9 Å². The third-order valence-electron chi connectivity index (χ3n) is 3.29. The van der Waals surface area contributed by atoms with Crippen molar-refractivity contribution in [3.8, 4) is 0 Å². The number of hydrogen-bond acceptors (Lipinski definition) is 4. The van der Waals surface area contributed by atoms with E-state index in [2.05, 4.69) is 11.4 Å². The van der Waals surface area contributed by atoms with Crippen molar-refractivity contribution in [3.05, 3.63) is 23.8 Å². The van der Waals surface area contributed by atoms with Crippen LogP contribution >= 0.6 is 0 Å². The molecule has 18 heavy (non-hydrogen) atoms. The monoisotopic (exact) mass is 248 g/mol. The maximum atomic E-state index is 12.0. The number of fused-ring (bicyclic) bond motifs is 1. The summed E-state index contributed by atoms with van der Waals surface area (Å²) in [6.07, 6.45) is 1.33. The predicted molar refractivity (Wildman–Crippen MR) is 73.7 cm³/mol. The molecular formula is C13H20N4O. The van der Waals surface area contributed by atoms with Crippen molar-refractivity contribution >= 4 is 17.3 Å². The second-order valence-electron chi connectivity index (χ2n) is 4.59. The highest BCUT2D eigenvalue weighted by Crippen LogP contribution is 2.30. The minimum absolute atomic E-state index is 0.128. The molecule has 0 aromatic heterocycles. The third-order valence-corrected chi connectivity index (χ3v) is 3.29. The highest BCUT2D eigenvalue weighted by Gasteiger charge is 2.25. The zero-order valence-corrected chi connectivity index (χ0v) is 10.6. The van der Waals surface area contributed by atoms with Crippen LogP contribution in [0.3, 0.4) is 0 Å². The second kappa shape index (κ2) is 5.37. The van der Waals surface area contributed by atoms with Gasteiger partial charge in [0.2, 0.25) is 5.91 Å². The molecule has 0 saturated heterocycles. The van der Waals surface area contributed by atoms with Crippen molar-refractivity contribution < 1.29 is 4.79 Å². The highest BCUT2D eigenvalue weighted by atomic mass is 16.2. The van der Waals surface area contributed by atoms with Crippen LogP contribution in [0.4, 0.5) is 11.4 Å². The molecule has 5 heteroatoms. The molecule has 1 aliphatic heterocycles. The Morgan fingerprint density at radius 3 is 2.89 bits per heavy atom. The summed E-state index contributed by atoms with van der Waals surface area (Å²) in [6, 6.07) is 5.85. The van der Waals surface area contributed by atoms with Gasteiger partial charge < -0.3 is 21.7 Å². The Bertz CT molecular complexity index is 447. The summed E-state index contributed by atoms with van der Waals surface area (Å²) in [6.45, 7) is 0.870. The molecule has 1 aromatic rings. The van der Waals surface area contributed by atoms with Crippen LogP contribution in [0, 0.1) is 0 Å². The van der Waals surface area contributed by atoms with Gasteiger partial charge in [0.05, 0.1) is 0 Å². The fourth-order valence-electron chi connectivity index (χ4n) is 2.22. The molecule has 98 valence electrons. The maximum absolute atomic E-state index is 12.0. The van der Waals surface area contributed by atoms with Gasteiger partial charge in [-0.05, 0) is 30.2 Å². The average Bonchev–Trinajstić information content (AvgIpc) is 2.41. The molecule has 0 saturated carbocycles. The molecule has 0 bridgehead atoms. The first kappa shape index (κ1) is 12.9. The molecule has 1 heterocycles. The maximum Gasteiger partial charge on any atom is 0.227 e. The quantitative estimate of drug-likeness (QED) is 0.715. The Labute approximate surface area is 107 Å². The average molecular weight is 248 g/mol. The highest BCUT2D eigenvalue weighted by molar-refractivity contribution is 5.96. The van der Waals surface area contributed by atoms with Crippen LogP contribution in [-0.4, -0.2) is 32.1 Å². The first-order valence-corrected chi connectivity index (χ1v) is 6.22. The molecule has 1 unspecified atom stereocenters. The van der Waals surface area contributed by atoms with Crippen LogP contribution in [0.5, 0.6) is 0 Å². The molecule has 1 aromatic carbocycles. The molecule has 0 aliphatic carbocycles. The third kappa shape index (κ3) is 2.47. The Hall–Kier alpha value is -1.59. The molecule has 0 fully saturated rings. The molecule has 1 atom stereocenters. The van der Waals surface area contributed by atoms with Crippen molar-refractivity contribution in [1.29, 1.82) is 0 Å². The lowest BCUT2D eigenvalue weighted by Gasteiger charge is -2.31. The Morgan fingerprint density at radius 1 is 1.44 bits per heavy atom. The predicted octanol–water partition coefficient (Wildman–Crippen LogP) is 0.294. The van der Waals surface area contributed by atoms with Crippen LogP contribution in [0.25, 0.3) is 0 Å². The van der Waals surface area contributed by atoms with Crippen molar-refractivity contribution in [2.75, 3.05) is 30.4 Å². The number of carbonyl (C=O) groups excluding carboxylic acids is 1. The van der Waals surface area contributed by atoms with Crippen LogP contribution in [0.1, 0.15) is 12.0 Å². The van der Waals surface area contributed by atoms with Crippen LogP contribution in [0.2, 0.25) is 0 Å². The number of nitrogens with one attached hydrogen (secondary N) is 1. The van der Waals surface area contributed by atoms with Crippen molar-refractivity contribution in [1.82, 2.24) is 0 Å². The summed E-state index contributed by atoms with van der Waals surface area (Å²) < 4.78 is 0. The molecule has 1 amide bonds. The summed E-state index contributed by atoms with van der Waals surface area (Å²) >= 11 is 0. The van der Waals surface area contributed by atoms with Gasteiger partial charge >= 0.3 is 0 Å². The van der Waals surface area contributed by atoms with Crippen LogP contribution in [-0.2, 0) is 11.2 Å². The summed E-state index contributed by atoms with van der Waals surface area (Å²) in [5, 5.41) is 3.11. The van der Waals surface area contributed by atoms with Crippen molar-refractivity contribution in [3.63, 3.8) is 0 Å². The number of rotatable bonds is 4. The number of hydrogen-bond donors (Lipinski definition) is 3. The van der Waals surface area contributed by atoms with E-state index in [1.807, 2.05) is 19.2 Å². The summed E-state index contributed by atoms with van der Waals surface area (Å²) in [5.41, 5.74) is 14.6. The standard InChI is InChI=1S/C13H20N4O/c1-16-11-3-4-12-9(6-11)2-5-13(18)17(12)8-10(15)7-14/h3-4,6,10,16H,2,5,7-8,14-15H2,1H3. The van der Waals surface area contributed by atoms with Gasteiger partial charge in [-0.2, -0.15) is 0 Å². The van der Waals surface area contributed by atoms with E-state index in [1.165, 1.54) is 5.56 Å². The Balaban J connectivity index is 2.29. The molecule has 0 spiro atoms. The fraction of sp³-hybridized carbons (Fsp3) is 0.462. The number of nitrogens with two attached hydrogens (primary N) is 2. The summed E-state index contributed by atoms with van der Waals surface area (Å²) in [4.78, 5) is 13.7. The number of carbonyl (C=O) groups is 1. The lowest BCUT2D eigenvalue weighted by molar-refractivity contribution is -0.118. The van der Waals surface area contributed by atoms with E-state index in [0.717, 1.165) is 17.8 Å². The molecule has 5 nitrogen and oxygen atoms in total. The van der Waals surface area contributed by atoms with Crippen LogP contribution in [0.15, 0.2) is 18.2 Å². The molecule has 0 radical (unpaired) electrons. The van der Waals surface area contributed by atoms with Gasteiger partial charge in [-0.3, -0.25) is 4.79 Å². The molecule has 2 rings (SSSR count). The van der Waals surface area contributed by atoms with E-state index in [9.17, 15) is 4.79 Å². The number of benzene rings is 1. The normalized spacial score (nSPS) is 16.4. The van der Waals surface area contributed by atoms with Gasteiger partial charge in [0.25, 0.3) is 0 Å². The van der Waals surface area contributed by atoms with E-state index in [1.54, 1.807) is 4.90 Å². The van der Waals surface area contributed by atoms with Crippen LogP contribution < -0.4 is 21.7 Å². The van der Waals surface area contributed by atoms with E-state index in [4.69, 9.17) is 11.5 Å². The van der Waals surface area contributed by atoms with E-state index < -0.39 is 0 Å². The summed E-state index contributed by atoms with van der Waals surface area (Å²) in [5.74, 6) is 0.128. The number of amides is 1. The summed E-state index contributed by atoms with van der Waals surface area (Å²) in [7, 11) is 1.89. The van der Waals surface area contributed by atoms with E-state index >= 15 is 0 Å². The minimum atomic E-state index is -0.177. The smallest absolute Gasteiger partial charge is 0.227 e. The lowest BCUT2D eigenvalue weighted by atomic mass is 10.00. The molecule has 1 aliphatic rings. The fourth-order valence-corrected chi connectivity index (χ4v) is 2.22. The van der Waals surface area contributed by atoms with E-state index in [0.29, 0.717) is 19.5 Å². The van der Waals surface area contributed by atoms with E-state index in [-0.39, 0.29) is 11.9 Å². The van der Waals surface area contributed by atoms with Gasteiger partial charge in [0.1, 0.15) is 0 Å². The Morgan fingerprint density at radius 2 is 2.22 bits per heavy atom. The molecular weight excluding hydrogens is 228 g/mol. The first-order valence-electron chi connectivity index (χ1n) is 6.22. The number of aryl methyl sites for hydroxylation is 1.